The van der Waals surface area contributed by atoms with E-state index in [2.05, 4.69) is 0 Å². The SMILES string of the molecule is Cc1ccccc1C(=O)C1COc2ccccc2C1. The van der Waals surface area contributed by atoms with Gasteiger partial charge in [-0.2, -0.15) is 0 Å². The second-order valence-corrected chi connectivity index (χ2v) is 5.00. The third-order valence-electron chi connectivity index (χ3n) is 3.66. The van der Waals surface area contributed by atoms with Gasteiger partial charge in [0.1, 0.15) is 5.75 Å². The van der Waals surface area contributed by atoms with E-state index in [1.165, 1.54) is 0 Å². The van der Waals surface area contributed by atoms with Crippen LogP contribution in [0.5, 0.6) is 5.75 Å². The fourth-order valence-corrected chi connectivity index (χ4v) is 2.57. The summed E-state index contributed by atoms with van der Waals surface area (Å²) in [5.41, 5.74) is 2.97. The largest absolute Gasteiger partial charge is 0.493 e. The van der Waals surface area contributed by atoms with Crippen LogP contribution in [0.4, 0.5) is 0 Å². The first-order chi connectivity index (χ1) is 9.25. The molecule has 19 heavy (non-hydrogen) atoms. The smallest absolute Gasteiger partial charge is 0.169 e. The molecular weight excluding hydrogens is 236 g/mol. The van der Waals surface area contributed by atoms with Crippen LogP contribution in [-0.2, 0) is 6.42 Å². The highest BCUT2D eigenvalue weighted by molar-refractivity contribution is 5.99. The number of fused-ring (bicyclic) bond motifs is 1. The van der Waals surface area contributed by atoms with Crippen molar-refractivity contribution < 1.29 is 9.53 Å². The Morgan fingerprint density at radius 2 is 1.84 bits per heavy atom. The first kappa shape index (κ1) is 12.0. The van der Waals surface area contributed by atoms with Crippen LogP contribution in [0.25, 0.3) is 0 Å². The monoisotopic (exact) mass is 252 g/mol. The van der Waals surface area contributed by atoms with Crippen molar-refractivity contribution in [3.63, 3.8) is 0 Å². The molecule has 0 N–H and O–H groups in total. The van der Waals surface area contributed by atoms with Crippen LogP contribution in [0.2, 0.25) is 0 Å². The lowest BCUT2D eigenvalue weighted by molar-refractivity contribution is 0.0854. The van der Waals surface area contributed by atoms with Crippen molar-refractivity contribution in [1.82, 2.24) is 0 Å². The fourth-order valence-electron chi connectivity index (χ4n) is 2.57. The number of hydrogen-bond acceptors (Lipinski definition) is 2. The van der Waals surface area contributed by atoms with Crippen molar-refractivity contribution in [1.29, 1.82) is 0 Å². The summed E-state index contributed by atoms with van der Waals surface area (Å²) < 4.78 is 5.70. The first-order valence-corrected chi connectivity index (χ1v) is 6.56. The van der Waals surface area contributed by atoms with E-state index >= 15 is 0 Å². The number of carbonyl (C=O) groups is 1. The van der Waals surface area contributed by atoms with Gasteiger partial charge in [0.05, 0.1) is 12.5 Å². The van der Waals surface area contributed by atoms with E-state index in [0.717, 1.165) is 28.9 Å². The van der Waals surface area contributed by atoms with Crippen LogP contribution in [0.15, 0.2) is 48.5 Å². The zero-order valence-corrected chi connectivity index (χ0v) is 10.9. The summed E-state index contributed by atoms with van der Waals surface area (Å²) in [6.45, 7) is 2.45. The van der Waals surface area contributed by atoms with Crippen LogP contribution in [-0.4, -0.2) is 12.4 Å². The molecule has 1 aliphatic heterocycles. The van der Waals surface area contributed by atoms with Crippen LogP contribution in [0, 0.1) is 12.8 Å². The van der Waals surface area contributed by atoms with Crippen molar-refractivity contribution >= 4 is 5.78 Å². The predicted octanol–water partition coefficient (Wildman–Crippen LogP) is 3.43. The maximum atomic E-state index is 12.6. The lowest BCUT2D eigenvalue weighted by Crippen LogP contribution is -2.28. The number of aryl methyl sites for hydroxylation is 1. The number of Topliss-reactive ketones (excluding diaryl/α,β-unsaturated/α-hetero) is 1. The van der Waals surface area contributed by atoms with Gasteiger partial charge in [0.15, 0.2) is 5.78 Å². The van der Waals surface area contributed by atoms with Crippen molar-refractivity contribution in [2.24, 2.45) is 5.92 Å². The first-order valence-electron chi connectivity index (χ1n) is 6.56. The van der Waals surface area contributed by atoms with Gasteiger partial charge < -0.3 is 4.74 Å². The van der Waals surface area contributed by atoms with Gasteiger partial charge >= 0.3 is 0 Å². The molecule has 1 aliphatic rings. The summed E-state index contributed by atoms with van der Waals surface area (Å²) >= 11 is 0. The summed E-state index contributed by atoms with van der Waals surface area (Å²) in [6, 6.07) is 15.7. The molecule has 3 rings (SSSR count). The minimum absolute atomic E-state index is 0.0731. The highest BCUT2D eigenvalue weighted by Gasteiger charge is 2.27. The zero-order chi connectivity index (χ0) is 13.2. The summed E-state index contributed by atoms with van der Waals surface area (Å²) in [5, 5.41) is 0. The fraction of sp³-hybridized carbons (Fsp3) is 0.235. The summed E-state index contributed by atoms with van der Waals surface area (Å²) in [5.74, 6) is 1.03. The molecule has 0 aliphatic carbocycles. The van der Waals surface area contributed by atoms with Crippen LogP contribution < -0.4 is 4.74 Å². The van der Waals surface area contributed by atoms with Crippen LogP contribution in [0.1, 0.15) is 21.5 Å². The number of benzene rings is 2. The van der Waals surface area contributed by atoms with E-state index in [4.69, 9.17) is 4.74 Å². The molecule has 1 atom stereocenters. The van der Waals surface area contributed by atoms with Crippen molar-refractivity contribution in [3.8, 4) is 5.75 Å². The van der Waals surface area contributed by atoms with E-state index in [-0.39, 0.29) is 11.7 Å². The molecule has 2 nitrogen and oxygen atoms in total. The molecule has 0 aromatic heterocycles. The Morgan fingerprint density at radius 1 is 1.11 bits per heavy atom. The van der Waals surface area contributed by atoms with Gasteiger partial charge in [0.25, 0.3) is 0 Å². The van der Waals surface area contributed by atoms with E-state index < -0.39 is 0 Å². The molecule has 0 fully saturated rings. The Hall–Kier alpha value is -2.09. The predicted molar refractivity (Wildman–Crippen MR) is 74.6 cm³/mol. The lowest BCUT2D eigenvalue weighted by atomic mass is 9.88. The second kappa shape index (κ2) is 4.88. The Balaban J connectivity index is 1.86. The molecule has 96 valence electrons. The van der Waals surface area contributed by atoms with E-state index in [0.29, 0.717) is 6.61 Å². The minimum Gasteiger partial charge on any atom is -0.493 e. The molecule has 0 radical (unpaired) electrons. The third kappa shape index (κ3) is 2.26. The molecule has 2 aromatic carbocycles. The van der Waals surface area contributed by atoms with Crippen molar-refractivity contribution in [3.05, 3.63) is 65.2 Å². The van der Waals surface area contributed by atoms with Gasteiger partial charge in [0, 0.05) is 5.56 Å². The van der Waals surface area contributed by atoms with E-state index in [1.807, 2.05) is 55.5 Å². The summed E-state index contributed by atoms with van der Waals surface area (Å²) in [6.07, 6.45) is 0.767. The minimum atomic E-state index is -0.0731. The van der Waals surface area contributed by atoms with Crippen LogP contribution >= 0.6 is 0 Å². The summed E-state index contributed by atoms with van der Waals surface area (Å²) in [4.78, 5) is 12.6. The maximum Gasteiger partial charge on any atom is 0.169 e. The number of carbonyl (C=O) groups excluding carboxylic acids is 1. The normalized spacial score (nSPS) is 17.4. The lowest BCUT2D eigenvalue weighted by Gasteiger charge is -2.24. The Kier molecular flexibility index (Phi) is 3.08. The van der Waals surface area contributed by atoms with Gasteiger partial charge in [-0.15, -0.1) is 0 Å². The average Bonchev–Trinajstić information content (AvgIpc) is 2.46. The molecular formula is C17H16O2. The quantitative estimate of drug-likeness (QED) is 0.765. The third-order valence-corrected chi connectivity index (χ3v) is 3.66. The number of para-hydroxylation sites is 1. The van der Waals surface area contributed by atoms with Crippen molar-refractivity contribution in [2.45, 2.75) is 13.3 Å². The van der Waals surface area contributed by atoms with Gasteiger partial charge in [-0.3, -0.25) is 4.79 Å². The van der Waals surface area contributed by atoms with Gasteiger partial charge in [0.2, 0.25) is 0 Å². The van der Waals surface area contributed by atoms with Crippen molar-refractivity contribution in [2.75, 3.05) is 6.61 Å². The van der Waals surface area contributed by atoms with E-state index in [9.17, 15) is 4.79 Å². The molecule has 1 unspecified atom stereocenters. The molecule has 0 saturated heterocycles. The highest BCUT2D eigenvalue weighted by Crippen LogP contribution is 2.28. The maximum absolute atomic E-state index is 12.6. The Morgan fingerprint density at radius 3 is 2.68 bits per heavy atom. The number of hydrogen-bond donors (Lipinski definition) is 0. The Labute approximate surface area is 113 Å². The second-order valence-electron chi connectivity index (χ2n) is 5.00. The summed E-state index contributed by atoms with van der Waals surface area (Å²) in [7, 11) is 0. The number of rotatable bonds is 2. The molecule has 2 heteroatoms. The highest BCUT2D eigenvalue weighted by atomic mass is 16.5. The zero-order valence-electron chi connectivity index (χ0n) is 10.9. The molecule has 2 aromatic rings. The van der Waals surface area contributed by atoms with Crippen LogP contribution in [0.3, 0.4) is 0 Å². The molecule has 0 bridgehead atoms. The van der Waals surface area contributed by atoms with E-state index in [1.54, 1.807) is 0 Å². The Bertz CT molecular complexity index is 616. The number of ether oxygens (including phenoxy) is 1. The molecule has 1 heterocycles. The standard InChI is InChI=1S/C17H16O2/c1-12-6-2-4-8-15(12)17(18)14-10-13-7-3-5-9-16(13)19-11-14/h2-9,14H,10-11H2,1H3. The average molecular weight is 252 g/mol. The number of ketones is 1. The molecule has 0 amide bonds. The van der Waals surface area contributed by atoms with Gasteiger partial charge in [-0.25, -0.2) is 0 Å². The molecule has 0 saturated carbocycles. The van der Waals surface area contributed by atoms with Gasteiger partial charge in [-0.05, 0) is 30.5 Å². The topological polar surface area (TPSA) is 26.3 Å². The van der Waals surface area contributed by atoms with Gasteiger partial charge in [-0.1, -0.05) is 42.5 Å². The molecule has 0 spiro atoms.